The summed E-state index contributed by atoms with van der Waals surface area (Å²) in [6, 6.07) is 4.02. The normalized spacial score (nSPS) is 9.12. The standard InChI is InChI=1S/C11H10N2.C2H4O.H2/c1-4-9-6-10-7-13(3)12-11(10)5-8(9)2;1-2-3;/h1,5-7H,2-3H3;2H,1H3;1H. The van der Waals surface area contributed by atoms with Crippen LogP contribution in [0.3, 0.4) is 0 Å². The number of hydrogen-bond donors (Lipinski definition) is 0. The van der Waals surface area contributed by atoms with Crippen molar-refractivity contribution < 1.29 is 6.22 Å². The molecule has 0 saturated heterocycles. The molecule has 0 aliphatic rings. The number of carbonyl (C=O) groups excluding carboxylic acids is 1. The maximum Gasteiger partial charge on any atom is 0.116 e. The first-order chi connectivity index (χ1) is 7.62. The Bertz CT molecular complexity index is 552. The Labute approximate surface area is 96.6 Å². The van der Waals surface area contributed by atoms with Gasteiger partial charge < -0.3 is 4.79 Å². The molecule has 0 unspecified atom stereocenters. The van der Waals surface area contributed by atoms with E-state index in [1.807, 2.05) is 32.3 Å². The summed E-state index contributed by atoms with van der Waals surface area (Å²) in [6.07, 6.45) is 8.09. The SMILES string of the molecule is C#Cc1cc2cn(C)nc2cc1C.CC=O.[HH]. The highest BCUT2D eigenvalue weighted by molar-refractivity contribution is 5.80. The van der Waals surface area contributed by atoms with E-state index in [0.29, 0.717) is 0 Å². The molecular weight excluding hydrogens is 200 g/mol. The minimum Gasteiger partial charge on any atom is -0.304 e. The third-order valence-corrected chi connectivity index (χ3v) is 2.12. The van der Waals surface area contributed by atoms with Gasteiger partial charge in [-0.15, -0.1) is 6.42 Å². The van der Waals surface area contributed by atoms with Gasteiger partial charge in [0.25, 0.3) is 0 Å². The summed E-state index contributed by atoms with van der Waals surface area (Å²) in [5.74, 6) is 2.66. The van der Waals surface area contributed by atoms with Crippen LogP contribution in [0.25, 0.3) is 10.9 Å². The van der Waals surface area contributed by atoms with Gasteiger partial charge in [-0.25, -0.2) is 0 Å². The van der Waals surface area contributed by atoms with Crippen molar-refractivity contribution in [2.75, 3.05) is 0 Å². The molecule has 0 fully saturated rings. The summed E-state index contributed by atoms with van der Waals surface area (Å²) >= 11 is 0. The van der Waals surface area contributed by atoms with Crippen LogP contribution < -0.4 is 0 Å². The summed E-state index contributed by atoms with van der Waals surface area (Å²) in [6.45, 7) is 3.45. The molecule has 1 aromatic carbocycles. The van der Waals surface area contributed by atoms with Gasteiger partial charge in [-0.3, -0.25) is 4.68 Å². The van der Waals surface area contributed by atoms with Crippen LogP contribution in [0, 0.1) is 19.3 Å². The van der Waals surface area contributed by atoms with E-state index in [1.165, 1.54) is 6.92 Å². The third kappa shape index (κ3) is 2.48. The number of nitrogens with zero attached hydrogens (tertiary/aromatic N) is 2. The molecule has 2 rings (SSSR count). The number of aromatic nitrogens is 2. The Hall–Kier alpha value is -2.08. The average Bonchev–Trinajstić information content (AvgIpc) is 2.57. The van der Waals surface area contributed by atoms with Gasteiger partial charge in [0, 0.05) is 25.6 Å². The fourth-order valence-electron chi connectivity index (χ4n) is 1.46. The first-order valence-corrected chi connectivity index (χ1v) is 4.92. The van der Waals surface area contributed by atoms with Gasteiger partial charge in [0.1, 0.15) is 6.29 Å². The van der Waals surface area contributed by atoms with E-state index in [2.05, 4.69) is 11.0 Å². The molecule has 0 aliphatic carbocycles. The lowest BCUT2D eigenvalue weighted by Gasteiger charge is -1.96. The second kappa shape index (κ2) is 5.13. The van der Waals surface area contributed by atoms with Gasteiger partial charge in [0.2, 0.25) is 0 Å². The molecule has 3 nitrogen and oxygen atoms in total. The van der Waals surface area contributed by atoms with Crippen molar-refractivity contribution in [3.05, 3.63) is 29.5 Å². The fourth-order valence-corrected chi connectivity index (χ4v) is 1.46. The van der Waals surface area contributed by atoms with Gasteiger partial charge >= 0.3 is 0 Å². The van der Waals surface area contributed by atoms with Crippen LogP contribution in [-0.4, -0.2) is 16.1 Å². The monoisotopic (exact) mass is 216 g/mol. The van der Waals surface area contributed by atoms with Crippen molar-refractivity contribution in [3.8, 4) is 12.3 Å². The quantitative estimate of drug-likeness (QED) is 0.500. The van der Waals surface area contributed by atoms with Gasteiger partial charge in [0.15, 0.2) is 0 Å². The molecule has 0 spiro atoms. The minimum absolute atomic E-state index is 0. The zero-order valence-corrected chi connectivity index (χ0v) is 9.69. The number of rotatable bonds is 0. The van der Waals surface area contributed by atoms with Crippen LogP contribution in [0.1, 0.15) is 19.5 Å². The Kier molecular flexibility index (Phi) is 3.84. The molecule has 2 aromatic rings. The van der Waals surface area contributed by atoms with E-state index in [0.717, 1.165) is 28.3 Å². The molecule has 1 heterocycles. The smallest absolute Gasteiger partial charge is 0.116 e. The summed E-state index contributed by atoms with van der Waals surface area (Å²) < 4.78 is 1.80. The summed E-state index contributed by atoms with van der Waals surface area (Å²) in [5, 5.41) is 5.40. The zero-order chi connectivity index (χ0) is 12.1. The van der Waals surface area contributed by atoms with Crippen LogP contribution in [0.2, 0.25) is 0 Å². The van der Waals surface area contributed by atoms with E-state index >= 15 is 0 Å². The molecule has 0 atom stereocenters. The molecular formula is C13H16N2O. The Morgan fingerprint density at radius 2 is 2.19 bits per heavy atom. The number of terminal acetylenes is 1. The van der Waals surface area contributed by atoms with E-state index in [4.69, 9.17) is 11.2 Å². The molecule has 16 heavy (non-hydrogen) atoms. The Morgan fingerprint density at radius 1 is 1.56 bits per heavy atom. The highest BCUT2D eigenvalue weighted by Crippen LogP contribution is 2.17. The van der Waals surface area contributed by atoms with Crippen molar-refractivity contribution in [3.63, 3.8) is 0 Å². The van der Waals surface area contributed by atoms with Crippen molar-refractivity contribution in [1.29, 1.82) is 0 Å². The topological polar surface area (TPSA) is 34.9 Å². The summed E-state index contributed by atoms with van der Waals surface area (Å²) in [4.78, 5) is 8.81. The number of fused-ring (bicyclic) bond motifs is 1. The van der Waals surface area contributed by atoms with Crippen LogP contribution in [0.4, 0.5) is 0 Å². The van der Waals surface area contributed by atoms with Gasteiger partial charge in [-0.05, 0) is 31.5 Å². The van der Waals surface area contributed by atoms with Gasteiger partial charge in [0.05, 0.1) is 5.52 Å². The number of aldehydes is 1. The van der Waals surface area contributed by atoms with Crippen LogP contribution >= 0.6 is 0 Å². The maximum atomic E-state index is 8.81. The summed E-state index contributed by atoms with van der Waals surface area (Å²) in [7, 11) is 1.91. The predicted molar refractivity (Wildman–Crippen MR) is 67.2 cm³/mol. The summed E-state index contributed by atoms with van der Waals surface area (Å²) in [5.41, 5.74) is 3.05. The molecule has 0 aliphatic heterocycles. The van der Waals surface area contributed by atoms with E-state index < -0.39 is 0 Å². The molecule has 0 N–H and O–H groups in total. The molecule has 3 heteroatoms. The highest BCUT2D eigenvalue weighted by atomic mass is 16.1. The van der Waals surface area contributed by atoms with Gasteiger partial charge in [-0.2, -0.15) is 5.10 Å². The third-order valence-electron chi connectivity index (χ3n) is 2.12. The second-order valence-electron chi connectivity index (χ2n) is 3.41. The van der Waals surface area contributed by atoms with Crippen molar-refractivity contribution in [2.24, 2.45) is 7.05 Å². The van der Waals surface area contributed by atoms with Crippen molar-refractivity contribution in [1.82, 2.24) is 9.78 Å². The average molecular weight is 216 g/mol. The molecule has 0 bridgehead atoms. The lowest BCUT2D eigenvalue weighted by Crippen LogP contribution is -1.85. The Morgan fingerprint density at radius 3 is 2.75 bits per heavy atom. The lowest BCUT2D eigenvalue weighted by atomic mass is 10.1. The highest BCUT2D eigenvalue weighted by Gasteiger charge is 2.01. The number of carbonyl (C=O) groups is 1. The van der Waals surface area contributed by atoms with E-state index in [9.17, 15) is 0 Å². The molecule has 0 saturated carbocycles. The minimum atomic E-state index is 0. The number of benzene rings is 1. The molecule has 0 radical (unpaired) electrons. The van der Waals surface area contributed by atoms with Crippen LogP contribution in [0.5, 0.6) is 0 Å². The van der Waals surface area contributed by atoms with Crippen LogP contribution in [0.15, 0.2) is 18.3 Å². The first kappa shape index (κ1) is 12.0. The lowest BCUT2D eigenvalue weighted by molar-refractivity contribution is -0.106. The molecule has 1 aromatic heterocycles. The molecule has 0 amide bonds. The number of hydrogen-bond acceptors (Lipinski definition) is 2. The largest absolute Gasteiger partial charge is 0.304 e. The predicted octanol–water partition coefficient (Wildman–Crippen LogP) is 2.31. The maximum absolute atomic E-state index is 8.81. The molecule has 84 valence electrons. The zero-order valence-electron chi connectivity index (χ0n) is 9.69. The Balaban J connectivity index is 0.000000583. The van der Waals surface area contributed by atoms with E-state index in [-0.39, 0.29) is 1.43 Å². The first-order valence-electron chi connectivity index (χ1n) is 4.92. The number of aryl methyl sites for hydroxylation is 2. The van der Waals surface area contributed by atoms with Crippen molar-refractivity contribution >= 4 is 17.2 Å². The second-order valence-corrected chi connectivity index (χ2v) is 3.41. The van der Waals surface area contributed by atoms with E-state index in [1.54, 1.807) is 4.68 Å². The fraction of sp³-hybridized carbons (Fsp3) is 0.231. The van der Waals surface area contributed by atoms with Crippen LogP contribution in [-0.2, 0) is 11.8 Å². The van der Waals surface area contributed by atoms with Crippen molar-refractivity contribution in [2.45, 2.75) is 13.8 Å². The van der Waals surface area contributed by atoms with Gasteiger partial charge in [-0.1, -0.05) is 5.92 Å².